The zero-order valence-corrected chi connectivity index (χ0v) is 11.5. The predicted octanol–water partition coefficient (Wildman–Crippen LogP) is 2.30. The SMILES string of the molecule is Cc1ccc(S(=O)(=O)CC(=O)C(C)C)c(C)c1. The minimum atomic E-state index is -3.50. The monoisotopic (exact) mass is 254 g/mol. The van der Waals surface area contributed by atoms with Crippen LogP contribution in [-0.4, -0.2) is 20.0 Å². The quantitative estimate of drug-likeness (QED) is 0.828. The summed E-state index contributed by atoms with van der Waals surface area (Å²) in [7, 11) is -3.50. The maximum Gasteiger partial charge on any atom is 0.185 e. The summed E-state index contributed by atoms with van der Waals surface area (Å²) >= 11 is 0. The van der Waals surface area contributed by atoms with Gasteiger partial charge in [-0.3, -0.25) is 4.79 Å². The summed E-state index contributed by atoms with van der Waals surface area (Å²) < 4.78 is 24.1. The molecule has 1 aromatic rings. The molecule has 3 nitrogen and oxygen atoms in total. The normalized spacial score (nSPS) is 11.8. The van der Waals surface area contributed by atoms with E-state index in [1.54, 1.807) is 32.9 Å². The van der Waals surface area contributed by atoms with Crippen molar-refractivity contribution in [1.82, 2.24) is 0 Å². The van der Waals surface area contributed by atoms with E-state index in [-0.39, 0.29) is 16.6 Å². The molecule has 1 rings (SSSR count). The van der Waals surface area contributed by atoms with Gasteiger partial charge < -0.3 is 0 Å². The van der Waals surface area contributed by atoms with Gasteiger partial charge in [0.15, 0.2) is 15.6 Å². The maximum absolute atomic E-state index is 12.1. The minimum Gasteiger partial charge on any atom is -0.298 e. The smallest absolute Gasteiger partial charge is 0.185 e. The number of ketones is 1. The van der Waals surface area contributed by atoms with Crippen LogP contribution in [0.15, 0.2) is 23.1 Å². The molecule has 94 valence electrons. The molecule has 0 saturated carbocycles. The molecule has 0 amide bonds. The lowest BCUT2D eigenvalue weighted by molar-refractivity contribution is -0.119. The standard InChI is InChI=1S/C13H18O3S/c1-9(2)12(14)8-17(15,16)13-6-5-10(3)7-11(13)4/h5-7,9H,8H2,1-4H3. The first-order valence-electron chi connectivity index (χ1n) is 5.57. The molecule has 0 spiro atoms. The van der Waals surface area contributed by atoms with E-state index in [9.17, 15) is 13.2 Å². The summed E-state index contributed by atoms with van der Waals surface area (Å²) in [6.07, 6.45) is 0. The van der Waals surface area contributed by atoms with Gasteiger partial charge in [0.1, 0.15) is 5.75 Å². The fraction of sp³-hybridized carbons (Fsp3) is 0.462. The third kappa shape index (κ3) is 3.40. The van der Waals surface area contributed by atoms with Crippen molar-refractivity contribution in [2.75, 3.05) is 5.75 Å². The zero-order valence-electron chi connectivity index (χ0n) is 10.6. The van der Waals surface area contributed by atoms with Crippen LogP contribution in [0.5, 0.6) is 0 Å². The van der Waals surface area contributed by atoms with Gasteiger partial charge in [-0.15, -0.1) is 0 Å². The highest BCUT2D eigenvalue weighted by Gasteiger charge is 2.22. The zero-order chi connectivity index (χ0) is 13.2. The van der Waals surface area contributed by atoms with E-state index in [0.717, 1.165) is 5.56 Å². The van der Waals surface area contributed by atoms with Crippen molar-refractivity contribution in [1.29, 1.82) is 0 Å². The van der Waals surface area contributed by atoms with Crippen LogP contribution in [0.25, 0.3) is 0 Å². The highest BCUT2D eigenvalue weighted by molar-refractivity contribution is 7.92. The van der Waals surface area contributed by atoms with Crippen molar-refractivity contribution in [3.05, 3.63) is 29.3 Å². The molecule has 17 heavy (non-hydrogen) atoms. The van der Waals surface area contributed by atoms with Crippen LogP contribution in [0, 0.1) is 19.8 Å². The Balaban J connectivity index is 3.10. The Morgan fingerprint density at radius 1 is 1.24 bits per heavy atom. The van der Waals surface area contributed by atoms with E-state index in [0.29, 0.717) is 5.56 Å². The second-order valence-electron chi connectivity index (χ2n) is 4.65. The van der Waals surface area contributed by atoms with Crippen molar-refractivity contribution >= 4 is 15.6 Å². The Morgan fingerprint density at radius 2 is 1.82 bits per heavy atom. The molecule has 0 aromatic heterocycles. The number of rotatable bonds is 4. The average molecular weight is 254 g/mol. The second-order valence-corrected chi connectivity index (χ2v) is 6.61. The van der Waals surface area contributed by atoms with Crippen molar-refractivity contribution < 1.29 is 13.2 Å². The molecule has 0 atom stereocenters. The van der Waals surface area contributed by atoms with Gasteiger partial charge in [0, 0.05) is 5.92 Å². The average Bonchev–Trinajstić information content (AvgIpc) is 2.15. The summed E-state index contributed by atoms with van der Waals surface area (Å²) in [4.78, 5) is 11.8. The number of sulfone groups is 1. The molecule has 0 radical (unpaired) electrons. The minimum absolute atomic E-state index is 0.245. The van der Waals surface area contributed by atoms with Gasteiger partial charge in [0.05, 0.1) is 4.90 Å². The van der Waals surface area contributed by atoms with Gasteiger partial charge in [-0.05, 0) is 25.5 Å². The van der Waals surface area contributed by atoms with Gasteiger partial charge in [0.2, 0.25) is 0 Å². The Bertz CT molecular complexity index is 528. The van der Waals surface area contributed by atoms with Crippen LogP contribution in [0.2, 0.25) is 0 Å². The lowest BCUT2D eigenvalue weighted by atomic mass is 10.1. The Morgan fingerprint density at radius 3 is 2.29 bits per heavy atom. The van der Waals surface area contributed by atoms with E-state index >= 15 is 0 Å². The van der Waals surface area contributed by atoms with Gasteiger partial charge >= 0.3 is 0 Å². The molecule has 0 aliphatic carbocycles. The van der Waals surface area contributed by atoms with E-state index in [4.69, 9.17) is 0 Å². The molecular weight excluding hydrogens is 236 g/mol. The number of benzene rings is 1. The number of hydrogen-bond donors (Lipinski definition) is 0. The lowest BCUT2D eigenvalue weighted by Gasteiger charge is -2.09. The highest BCUT2D eigenvalue weighted by Crippen LogP contribution is 2.18. The fourth-order valence-corrected chi connectivity index (χ4v) is 3.27. The first-order chi connectivity index (χ1) is 7.74. The van der Waals surface area contributed by atoms with Gasteiger partial charge in [-0.25, -0.2) is 8.42 Å². The lowest BCUT2D eigenvalue weighted by Crippen LogP contribution is -2.21. The van der Waals surface area contributed by atoms with Crippen LogP contribution < -0.4 is 0 Å². The summed E-state index contributed by atoms with van der Waals surface area (Å²) in [6, 6.07) is 5.14. The Labute approximate surface area is 103 Å². The predicted molar refractivity (Wildman–Crippen MR) is 67.8 cm³/mol. The third-order valence-electron chi connectivity index (χ3n) is 2.64. The van der Waals surface area contributed by atoms with Gasteiger partial charge in [-0.2, -0.15) is 0 Å². The molecule has 0 aliphatic heterocycles. The molecule has 0 aliphatic rings. The van der Waals surface area contributed by atoms with Gasteiger partial charge in [-0.1, -0.05) is 31.5 Å². The molecule has 0 fully saturated rings. The number of Topliss-reactive ketones (excluding diaryl/α,β-unsaturated/α-hetero) is 1. The van der Waals surface area contributed by atoms with Crippen molar-refractivity contribution in [3.63, 3.8) is 0 Å². The number of carbonyl (C=O) groups excluding carboxylic acids is 1. The van der Waals surface area contributed by atoms with E-state index in [1.807, 2.05) is 13.0 Å². The molecule has 0 bridgehead atoms. The summed E-state index contributed by atoms with van der Waals surface area (Å²) in [5.41, 5.74) is 1.71. The van der Waals surface area contributed by atoms with Crippen LogP contribution in [0.3, 0.4) is 0 Å². The van der Waals surface area contributed by atoms with E-state index in [1.165, 1.54) is 0 Å². The molecule has 4 heteroatoms. The molecule has 0 unspecified atom stereocenters. The highest BCUT2D eigenvalue weighted by atomic mass is 32.2. The molecule has 0 saturated heterocycles. The van der Waals surface area contributed by atoms with Crippen LogP contribution in [0.4, 0.5) is 0 Å². The van der Waals surface area contributed by atoms with Crippen LogP contribution in [-0.2, 0) is 14.6 Å². The largest absolute Gasteiger partial charge is 0.298 e. The van der Waals surface area contributed by atoms with Crippen molar-refractivity contribution in [2.24, 2.45) is 5.92 Å². The summed E-state index contributed by atoms with van der Waals surface area (Å²) in [5, 5.41) is 0. The molecule has 0 heterocycles. The van der Waals surface area contributed by atoms with Crippen LogP contribution >= 0.6 is 0 Å². The number of hydrogen-bond acceptors (Lipinski definition) is 3. The maximum atomic E-state index is 12.1. The van der Waals surface area contributed by atoms with Crippen molar-refractivity contribution in [3.8, 4) is 0 Å². The first-order valence-corrected chi connectivity index (χ1v) is 7.22. The second kappa shape index (κ2) is 5.00. The van der Waals surface area contributed by atoms with Crippen LogP contribution in [0.1, 0.15) is 25.0 Å². The molecular formula is C13H18O3S. The summed E-state index contributed by atoms with van der Waals surface area (Å²) in [6.45, 7) is 7.07. The third-order valence-corrected chi connectivity index (χ3v) is 4.43. The Hall–Kier alpha value is -1.16. The first kappa shape index (κ1) is 13.9. The summed E-state index contributed by atoms with van der Waals surface area (Å²) in [5.74, 6) is -0.908. The number of aryl methyl sites for hydroxylation is 2. The van der Waals surface area contributed by atoms with Crippen molar-refractivity contribution in [2.45, 2.75) is 32.6 Å². The van der Waals surface area contributed by atoms with E-state index in [2.05, 4.69) is 0 Å². The topological polar surface area (TPSA) is 51.2 Å². The molecule has 1 aromatic carbocycles. The number of carbonyl (C=O) groups is 1. The molecule has 0 N–H and O–H groups in total. The van der Waals surface area contributed by atoms with Gasteiger partial charge in [0.25, 0.3) is 0 Å². The van der Waals surface area contributed by atoms with E-state index < -0.39 is 15.6 Å². The fourth-order valence-electron chi connectivity index (χ4n) is 1.58. The Kier molecular flexibility index (Phi) is 4.09.